The van der Waals surface area contributed by atoms with Crippen LogP contribution in [0.2, 0.25) is 0 Å². The molecule has 2 N–H and O–H groups in total. The molecule has 1 unspecified atom stereocenters. The van der Waals surface area contributed by atoms with Crippen molar-refractivity contribution in [1.82, 2.24) is 10.6 Å². The number of carbonyl (C=O) groups excluding carboxylic acids is 1. The van der Waals surface area contributed by atoms with Crippen molar-refractivity contribution in [3.63, 3.8) is 0 Å². The minimum atomic E-state index is -4.84. The van der Waals surface area contributed by atoms with Gasteiger partial charge in [-0.1, -0.05) is 18.2 Å². The second-order valence-corrected chi connectivity index (χ2v) is 8.64. The summed E-state index contributed by atoms with van der Waals surface area (Å²) in [5, 5.41) is 15.5. The number of nitrogens with one attached hydrogen (secondary N) is 2. The lowest BCUT2D eigenvalue weighted by molar-refractivity contribution is -0.149. The van der Waals surface area contributed by atoms with E-state index in [1.165, 1.54) is 0 Å². The van der Waals surface area contributed by atoms with Gasteiger partial charge in [0.05, 0.1) is 17.6 Å². The van der Waals surface area contributed by atoms with Crippen LogP contribution in [0.25, 0.3) is 0 Å². The van der Waals surface area contributed by atoms with Crippen LogP contribution in [0.3, 0.4) is 0 Å². The highest BCUT2D eigenvalue weighted by molar-refractivity contribution is 5.86. The molecule has 1 amide bonds. The van der Waals surface area contributed by atoms with E-state index in [-0.39, 0.29) is 30.5 Å². The van der Waals surface area contributed by atoms with Crippen LogP contribution in [0.1, 0.15) is 32.1 Å². The number of alkyl halides is 6. The highest BCUT2D eigenvalue weighted by Gasteiger charge is 2.46. The molecule has 2 aliphatic carbocycles. The fourth-order valence-electron chi connectivity index (χ4n) is 4.37. The second-order valence-electron chi connectivity index (χ2n) is 8.64. The van der Waals surface area contributed by atoms with E-state index in [4.69, 9.17) is 4.74 Å². The number of carbonyl (C=O) groups is 1. The van der Waals surface area contributed by atoms with E-state index in [1.54, 1.807) is 0 Å². The molecule has 1 heterocycles. The van der Waals surface area contributed by atoms with Crippen LogP contribution in [-0.2, 0) is 9.53 Å². The minimum Gasteiger partial charge on any atom is -0.381 e. The predicted octanol–water partition coefficient (Wildman–Crippen LogP) is 4.10. The Morgan fingerprint density at radius 3 is 2.45 bits per heavy atom. The maximum absolute atomic E-state index is 13.2. The molecule has 0 bridgehead atoms. The molecular weight excluding hydrogens is 452 g/mol. The lowest BCUT2D eigenvalue weighted by Gasteiger charge is -2.27. The standard InChI is InChI=1S/C22H25F6N3O2/c23-21(24,25)15-1-2-16(22(26,27)28)10-14(9-15)12-30-19(32)20(13-29)6-3-18(11-20)31-17-4-7-33-8-5-17/h1-2,9-10,15,17-18,31H,3-8,11-12H2,(H,30,32)/t15?,18-,20+/m1/s1. The predicted molar refractivity (Wildman–Crippen MR) is 107 cm³/mol. The van der Waals surface area contributed by atoms with Crippen molar-refractivity contribution in [2.45, 2.75) is 56.5 Å². The Morgan fingerprint density at radius 2 is 1.85 bits per heavy atom. The van der Waals surface area contributed by atoms with E-state index in [0.29, 0.717) is 43.9 Å². The second kappa shape index (κ2) is 9.89. The molecular formula is C22H25F6N3O2. The van der Waals surface area contributed by atoms with Crippen LogP contribution >= 0.6 is 0 Å². The molecule has 11 heteroatoms. The van der Waals surface area contributed by atoms with Gasteiger partial charge in [-0.25, -0.2) is 0 Å². The molecule has 0 aromatic heterocycles. The Morgan fingerprint density at radius 1 is 1.15 bits per heavy atom. The number of nitriles is 1. The number of nitrogens with zero attached hydrogens (tertiary/aromatic N) is 1. The monoisotopic (exact) mass is 477 g/mol. The van der Waals surface area contributed by atoms with Crippen LogP contribution < -0.4 is 10.6 Å². The van der Waals surface area contributed by atoms with Crippen molar-refractivity contribution in [3.05, 3.63) is 35.5 Å². The third-order valence-corrected chi connectivity index (χ3v) is 6.23. The van der Waals surface area contributed by atoms with Gasteiger partial charge in [0, 0.05) is 31.8 Å². The summed E-state index contributed by atoms with van der Waals surface area (Å²) in [7, 11) is 0. The van der Waals surface area contributed by atoms with Crippen LogP contribution in [0.4, 0.5) is 26.3 Å². The minimum absolute atomic E-state index is 0.0777. The third-order valence-electron chi connectivity index (χ3n) is 6.23. The summed E-state index contributed by atoms with van der Waals surface area (Å²) in [5.74, 6) is -2.91. The van der Waals surface area contributed by atoms with Gasteiger partial charge >= 0.3 is 12.4 Å². The van der Waals surface area contributed by atoms with Gasteiger partial charge in [0.15, 0.2) is 0 Å². The molecule has 33 heavy (non-hydrogen) atoms. The molecule has 1 aliphatic heterocycles. The molecule has 3 rings (SSSR count). The van der Waals surface area contributed by atoms with Crippen LogP contribution in [0.15, 0.2) is 35.5 Å². The van der Waals surface area contributed by atoms with Gasteiger partial charge in [-0.05, 0) is 43.8 Å². The van der Waals surface area contributed by atoms with Gasteiger partial charge < -0.3 is 15.4 Å². The van der Waals surface area contributed by atoms with Crippen molar-refractivity contribution >= 4 is 5.91 Å². The quantitative estimate of drug-likeness (QED) is 0.585. The molecule has 1 saturated heterocycles. The zero-order valence-corrected chi connectivity index (χ0v) is 17.7. The maximum atomic E-state index is 13.2. The first-order valence-electron chi connectivity index (χ1n) is 10.7. The Hall–Kier alpha value is -2.32. The highest BCUT2D eigenvalue weighted by Crippen LogP contribution is 2.39. The molecule has 0 aromatic rings. The Bertz CT molecular complexity index is 865. The number of amides is 1. The van der Waals surface area contributed by atoms with Gasteiger partial charge in [0.1, 0.15) is 5.41 Å². The van der Waals surface area contributed by atoms with Crippen molar-refractivity contribution in [2.75, 3.05) is 19.8 Å². The normalized spacial score (nSPS) is 29.1. The van der Waals surface area contributed by atoms with Crippen molar-refractivity contribution in [3.8, 4) is 6.07 Å². The van der Waals surface area contributed by atoms with Gasteiger partial charge in [0.2, 0.25) is 5.91 Å². The Kier molecular flexibility index (Phi) is 7.59. The smallest absolute Gasteiger partial charge is 0.381 e. The Labute approximate surface area is 187 Å². The number of halogens is 6. The van der Waals surface area contributed by atoms with Crippen LogP contribution in [0.5, 0.6) is 0 Å². The molecule has 182 valence electrons. The van der Waals surface area contributed by atoms with E-state index in [2.05, 4.69) is 10.6 Å². The lowest BCUT2D eigenvalue weighted by atomic mass is 9.86. The first-order chi connectivity index (χ1) is 15.4. The summed E-state index contributed by atoms with van der Waals surface area (Å²) in [6.45, 7) is 0.712. The average Bonchev–Trinajstić information content (AvgIpc) is 3.02. The van der Waals surface area contributed by atoms with Gasteiger partial charge in [-0.15, -0.1) is 0 Å². The van der Waals surface area contributed by atoms with E-state index in [0.717, 1.165) is 12.8 Å². The fourth-order valence-corrected chi connectivity index (χ4v) is 4.37. The van der Waals surface area contributed by atoms with Crippen molar-refractivity contribution < 1.29 is 35.9 Å². The average molecular weight is 477 g/mol. The lowest BCUT2D eigenvalue weighted by Crippen LogP contribution is -2.43. The van der Waals surface area contributed by atoms with Crippen molar-refractivity contribution in [2.24, 2.45) is 11.3 Å². The SMILES string of the molecule is N#C[C@]1(C(=O)NCC2=CC(C(F)(F)F)C=CC(C(F)(F)F)=C2)CC[C@@H](NC2CCOCC2)C1. The summed E-state index contributed by atoms with van der Waals surface area (Å²) >= 11 is 0. The topological polar surface area (TPSA) is 74.2 Å². The number of hydrogen-bond acceptors (Lipinski definition) is 4. The third kappa shape index (κ3) is 6.38. The maximum Gasteiger partial charge on any atom is 0.416 e. The van der Waals surface area contributed by atoms with E-state index in [9.17, 15) is 36.4 Å². The van der Waals surface area contributed by atoms with Crippen molar-refractivity contribution in [1.29, 1.82) is 5.26 Å². The zero-order chi connectivity index (χ0) is 24.3. The number of ether oxygens (including phenoxy) is 1. The molecule has 3 aliphatic rings. The zero-order valence-electron chi connectivity index (χ0n) is 17.7. The molecule has 0 spiro atoms. The number of rotatable bonds is 5. The highest BCUT2D eigenvalue weighted by atomic mass is 19.4. The van der Waals surface area contributed by atoms with Gasteiger partial charge in [-0.2, -0.15) is 31.6 Å². The summed E-state index contributed by atoms with van der Waals surface area (Å²) < 4.78 is 84.2. The largest absolute Gasteiger partial charge is 0.416 e. The van der Waals surface area contributed by atoms with E-state index in [1.807, 2.05) is 6.07 Å². The van der Waals surface area contributed by atoms with Crippen LogP contribution in [-0.4, -0.2) is 50.1 Å². The first-order valence-corrected chi connectivity index (χ1v) is 10.7. The number of allylic oxidation sites excluding steroid dienone is 4. The van der Waals surface area contributed by atoms with Gasteiger partial charge in [0.25, 0.3) is 0 Å². The molecule has 5 nitrogen and oxygen atoms in total. The molecule has 2 fully saturated rings. The molecule has 0 radical (unpaired) electrons. The summed E-state index contributed by atoms with van der Waals surface area (Å²) in [5.41, 5.74) is -2.95. The fraction of sp³-hybridized carbons (Fsp3) is 0.636. The molecule has 0 aromatic carbocycles. The molecule has 1 saturated carbocycles. The van der Waals surface area contributed by atoms with E-state index < -0.39 is 41.7 Å². The first kappa shape index (κ1) is 25.3. The Balaban J connectivity index is 1.68. The van der Waals surface area contributed by atoms with E-state index >= 15 is 0 Å². The van der Waals surface area contributed by atoms with Gasteiger partial charge in [-0.3, -0.25) is 4.79 Å². The number of hydrogen-bond donors (Lipinski definition) is 2. The summed E-state index contributed by atoms with van der Waals surface area (Å²) in [6, 6.07) is 2.17. The molecule has 3 atom stereocenters. The summed E-state index contributed by atoms with van der Waals surface area (Å²) in [4.78, 5) is 12.8. The van der Waals surface area contributed by atoms with Crippen LogP contribution in [0, 0.1) is 22.7 Å². The summed E-state index contributed by atoms with van der Waals surface area (Å²) in [6.07, 6.45) is -4.86.